The fourth-order valence-electron chi connectivity index (χ4n) is 2.84. The number of ether oxygens (including phenoxy) is 1. The SMILES string of the molecule is Cc1oc(-c2ccccc2)nc1CCOc1cc2cccc(C=O)c2s1. The molecule has 26 heavy (non-hydrogen) atoms. The number of fused-ring (bicyclic) bond motifs is 1. The van der Waals surface area contributed by atoms with Crippen molar-refractivity contribution in [2.24, 2.45) is 0 Å². The Morgan fingerprint density at radius 2 is 2.00 bits per heavy atom. The lowest BCUT2D eigenvalue weighted by Gasteiger charge is -2.01. The maximum atomic E-state index is 11.1. The molecule has 0 saturated carbocycles. The molecule has 0 unspecified atom stereocenters. The van der Waals surface area contributed by atoms with E-state index in [0.29, 0.717) is 24.5 Å². The third-order valence-electron chi connectivity index (χ3n) is 4.18. The van der Waals surface area contributed by atoms with Gasteiger partial charge >= 0.3 is 0 Å². The van der Waals surface area contributed by atoms with Crippen molar-refractivity contribution in [3.63, 3.8) is 0 Å². The molecule has 4 aromatic rings. The first kappa shape index (κ1) is 16.5. The summed E-state index contributed by atoms with van der Waals surface area (Å²) < 4.78 is 12.6. The fraction of sp³-hybridized carbons (Fsp3) is 0.143. The van der Waals surface area contributed by atoms with Crippen molar-refractivity contribution in [3.05, 3.63) is 71.6 Å². The van der Waals surface area contributed by atoms with Crippen LogP contribution in [-0.2, 0) is 6.42 Å². The number of aromatic nitrogens is 1. The molecule has 0 aliphatic heterocycles. The van der Waals surface area contributed by atoms with Crippen LogP contribution in [0.1, 0.15) is 21.8 Å². The summed E-state index contributed by atoms with van der Waals surface area (Å²) in [6, 6.07) is 17.5. The average Bonchev–Trinajstić information content (AvgIpc) is 3.25. The van der Waals surface area contributed by atoms with Crippen molar-refractivity contribution in [1.82, 2.24) is 4.98 Å². The highest BCUT2D eigenvalue weighted by Crippen LogP contribution is 2.33. The van der Waals surface area contributed by atoms with Crippen LogP contribution < -0.4 is 4.74 Å². The number of carbonyl (C=O) groups is 1. The number of aryl methyl sites for hydroxylation is 1. The van der Waals surface area contributed by atoms with Gasteiger partial charge in [-0.25, -0.2) is 4.98 Å². The Balaban J connectivity index is 1.45. The maximum absolute atomic E-state index is 11.1. The Kier molecular flexibility index (Phi) is 4.54. The normalized spacial score (nSPS) is 11.0. The number of benzene rings is 2. The molecule has 2 heterocycles. The van der Waals surface area contributed by atoms with Gasteiger partial charge in [0.2, 0.25) is 5.89 Å². The minimum Gasteiger partial charge on any atom is -0.484 e. The Morgan fingerprint density at radius 3 is 2.81 bits per heavy atom. The zero-order valence-electron chi connectivity index (χ0n) is 14.3. The monoisotopic (exact) mass is 363 g/mol. The Morgan fingerprint density at radius 1 is 1.15 bits per heavy atom. The van der Waals surface area contributed by atoms with Gasteiger partial charge in [-0.05, 0) is 30.5 Å². The predicted molar refractivity (Wildman–Crippen MR) is 103 cm³/mol. The van der Waals surface area contributed by atoms with Gasteiger partial charge in [0.15, 0.2) is 11.3 Å². The molecular weight excluding hydrogens is 346 g/mol. The number of oxazole rings is 1. The Hall–Kier alpha value is -2.92. The van der Waals surface area contributed by atoms with Crippen molar-refractivity contribution in [3.8, 4) is 16.5 Å². The molecule has 0 bridgehead atoms. The zero-order valence-corrected chi connectivity index (χ0v) is 15.1. The van der Waals surface area contributed by atoms with Crippen LogP contribution in [0, 0.1) is 6.92 Å². The summed E-state index contributed by atoms with van der Waals surface area (Å²) in [5.74, 6) is 1.45. The molecule has 2 aromatic heterocycles. The van der Waals surface area contributed by atoms with Gasteiger partial charge in [-0.15, -0.1) is 0 Å². The molecular formula is C21H17NO3S. The molecule has 4 nitrogen and oxygen atoms in total. The van der Waals surface area contributed by atoms with E-state index in [1.54, 1.807) is 0 Å². The smallest absolute Gasteiger partial charge is 0.226 e. The van der Waals surface area contributed by atoms with E-state index >= 15 is 0 Å². The third kappa shape index (κ3) is 3.26. The van der Waals surface area contributed by atoms with Gasteiger partial charge in [-0.1, -0.05) is 47.7 Å². The number of thiophene rings is 1. The molecule has 4 rings (SSSR count). The van der Waals surface area contributed by atoms with Crippen LogP contribution in [0.25, 0.3) is 21.5 Å². The number of rotatable bonds is 6. The van der Waals surface area contributed by atoms with Gasteiger partial charge in [0.1, 0.15) is 5.76 Å². The number of nitrogens with zero attached hydrogens (tertiary/aromatic N) is 1. The van der Waals surface area contributed by atoms with Crippen LogP contribution in [-0.4, -0.2) is 17.9 Å². The van der Waals surface area contributed by atoms with Crippen molar-refractivity contribution in [2.45, 2.75) is 13.3 Å². The van der Waals surface area contributed by atoms with Crippen molar-refractivity contribution < 1.29 is 13.9 Å². The highest BCUT2D eigenvalue weighted by Gasteiger charge is 2.12. The minimum absolute atomic E-state index is 0.505. The first-order chi connectivity index (χ1) is 12.7. The Bertz CT molecular complexity index is 1050. The lowest BCUT2D eigenvalue weighted by atomic mass is 10.2. The molecule has 0 fully saturated rings. The molecule has 0 saturated heterocycles. The highest BCUT2D eigenvalue weighted by molar-refractivity contribution is 7.21. The summed E-state index contributed by atoms with van der Waals surface area (Å²) in [7, 11) is 0. The van der Waals surface area contributed by atoms with E-state index in [2.05, 4.69) is 4.98 Å². The molecule has 0 aliphatic carbocycles. The molecule has 0 N–H and O–H groups in total. The van der Waals surface area contributed by atoms with Gasteiger partial charge in [0.25, 0.3) is 0 Å². The summed E-state index contributed by atoms with van der Waals surface area (Å²) >= 11 is 1.49. The van der Waals surface area contributed by atoms with Gasteiger partial charge < -0.3 is 9.15 Å². The van der Waals surface area contributed by atoms with E-state index < -0.39 is 0 Å². The lowest BCUT2D eigenvalue weighted by Crippen LogP contribution is -2.01. The summed E-state index contributed by atoms with van der Waals surface area (Å²) in [5.41, 5.74) is 2.56. The first-order valence-electron chi connectivity index (χ1n) is 8.37. The van der Waals surface area contributed by atoms with E-state index in [4.69, 9.17) is 9.15 Å². The number of hydrogen-bond donors (Lipinski definition) is 0. The maximum Gasteiger partial charge on any atom is 0.226 e. The van der Waals surface area contributed by atoms with Crippen LogP contribution in [0.2, 0.25) is 0 Å². The second kappa shape index (κ2) is 7.14. The summed E-state index contributed by atoms with van der Waals surface area (Å²) in [4.78, 5) is 15.7. The number of aldehydes is 1. The number of hydrogen-bond acceptors (Lipinski definition) is 5. The second-order valence-electron chi connectivity index (χ2n) is 5.94. The second-order valence-corrected chi connectivity index (χ2v) is 6.95. The van der Waals surface area contributed by atoms with E-state index in [1.165, 1.54) is 11.3 Å². The standard InChI is InChI=1S/C21H17NO3S/c1-14-18(22-21(25-14)15-6-3-2-4-7-15)10-11-24-19-12-16-8-5-9-17(13-23)20(16)26-19/h2-9,12-13H,10-11H2,1H3. The van der Waals surface area contributed by atoms with Crippen LogP contribution in [0.4, 0.5) is 0 Å². The quantitative estimate of drug-likeness (QED) is 0.436. The molecule has 0 amide bonds. The van der Waals surface area contributed by atoms with Gasteiger partial charge in [0, 0.05) is 22.2 Å². The molecule has 0 aliphatic rings. The highest BCUT2D eigenvalue weighted by atomic mass is 32.1. The molecule has 2 aromatic carbocycles. The summed E-state index contributed by atoms with van der Waals surface area (Å²) in [6.07, 6.45) is 1.55. The van der Waals surface area contributed by atoms with Crippen LogP contribution in [0.3, 0.4) is 0 Å². The largest absolute Gasteiger partial charge is 0.484 e. The van der Waals surface area contributed by atoms with E-state index in [1.807, 2.05) is 61.5 Å². The summed E-state index contributed by atoms with van der Waals surface area (Å²) in [5, 5.41) is 1.83. The topological polar surface area (TPSA) is 52.3 Å². The first-order valence-corrected chi connectivity index (χ1v) is 9.18. The van der Waals surface area contributed by atoms with Gasteiger partial charge in [-0.3, -0.25) is 4.79 Å². The van der Waals surface area contributed by atoms with Gasteiger partial charge in [-0.2, -0.15) is 0 Å². The third-order valence-corrected chi connectivity index (χ3v) is 5.29. The molecule has 0 radical (unpaired) electrons. The van der Waals surface area contributed by atoms with Crippen LogP contribution in [0.5, 0.6) is 5.06 Å². The molecule has 0 atom stereocenters. The van der Waals surface area contributed by atoms with E-state index in [0.717, 1.165) is 38.5 Å². The Labute approximate surface area is 155 Å². The van der Waals surface area contributed by atoms with Crippen LogP contribution >= 0.6 is 11.3 Å². The van der Waals surface area contributed by atoms with Crippen molar-refractivity contribution >= 4 is 27.7 Å². The van der Waals surface area contributed by atoms with Gasteiger partial charge in [0.05, 0.1) is 12.3 Å². The van der Waals surface area contributed by atoms with Crippen LogP contribution in [0.15, 0.2) is 59.0 Å². The molecule has 0 spiro atoms. The van der Waals surface area contributed by atoms with E-state index in [-0.39, 0.29) is 0 Å². The predicted octanol–water partition coefficient (Wildman–Crippen LogP) is 5.30. The summed E-state index contributed by atoms with van der Waals surface area (Å²) in [6.45, 7) is 2.43. The van der Waals surface area contributed by atoms with E-state index in [9.17, 15) is 4.79 Å². The molecule has 5 heteroatoms. The average molecular weight is 363 g/mol. The zero-order chi connectivity index (χ0) is 17.9. The molecule has 130 valence electrons. The lowest BCUT2D eigenvalue weighted by molar-refractivity contribution is 0.112. The van der Waals surface area contributed by atoms with Crippen molar-refractivity contribution in [2.75, 3.05) is 6.61 Å². The minimum atomic E-state index is 0.505. The fourth-order valence-corrected chi connectivity index (χ4v) is 3.85. The van der Waals surface area contributed by atoms with Crippen molar-refractivity contribution in [1.29, 1.82) is 0 Å². The number of carbonyl (C=O) groups excluding carboxylic acids is 1.